The van der Waals surface area contributed by atoms with Gasteiger partial charge in [0.2, 0.25) is 0 Å². The highest BCUT2D eigenvalue weighted by Gasteiger charge is 2.06. The average Bonchev–Trinajstić information content (AvgIpc) is 2.71. The molecule has 1 aliphatic rings. The first-order valence-electron chi connectivity index (χ1n) is 4.73. The fourth-order valence-corrected chi connectivity index (χ4v) is 1.51. The van der Waals surface area contributed by atoms with Gasteiger partial charge in [-0.05, 0) is 17.5 Å². The molecule has 0 saturated heterocycles. The Hall–Kier alpha value is -1.15. The molecule has 0 fully saturated rings. The van der Waals surface area contributed by atoms with Crippen molar-refractivity contribution in [3.05, 3.63) is 35.4 Å². The van der Waals surface area contributed by atoms with E-state index in [2.05, 4.69) is 41.5 Å². The molecular weight excluding hydrogens is 160 g/mol. The number of nitrogens with one attached hydrogen (secondary N) is 1. The minimum Gasteiger partial charge on any atom is -0.293 e. The number of aliphatic imine (C=N–C) groups is 1. The van der Waals surface area contributed by atoms with Crippen LogP contribution in [0.2, 0.25) is 0 Å². The number of benzene rings is 1. The van der Waals surface area contributed by atoms with Crippen LogP contribution < -0.4 is 5.32 Å². The molecule has 0 aromatic heterocycles. The molecule has 1 aliphatic heterocycles. The lowest BCUT2D eigenvalue weighted by molar-refractivity contribution is 0.850. The third kappa shape index (κ3) is 1.78. The Morgan fingerprint density at radius 2 is 2.08 bits per heavy atom. The van der Waals surface area contributed by atoms with Crippen molar-refractivity contribution in [2.45, 2.75) is 13.3 Å². The summed E-state index contributed by atoms with van der Waals surface area (Å²) in [5.74, 6) is 0. The minimum atomic E-state index is 0.769. The van der Waals surface area contributed by atoms with Crippen LogP contribution in [0.25, 0.3) is 0 Å². The molecule has 0 radical (unpaired) electrons. The smallest absolute Gasteiger partial charge is 0.0891 e. The van der Waals surface area contributed by atoms with E-state index in [9.17, 15) is 0 Å². The number of nitrogens with zero attached hydrogens (tertiary/aromatic N) is 1. The van der Waals surface area contributed by atoms with E-state index in [1.807, 2.05) is 0 Å². The van der Waals surface area contributed by atoms with Gasteiger partial charge in [-0.25, -0.2) is 0 Å². The molecule has 1 heterocycles. The van der Waals surface area contributed by atoms with E-state index in [-0.39, 0.29) is 0 Å². The lowest BCUT2D eigenvalue weighted by Crippen LogP contribution is -2.13. The van der Waals surface area contributed by atoms with E-state index < -0.39 is 0 Å². The summed E-state index contributed by atoms with van der Waals surface area (Å²) in [6.45, 7) is 3.85. The molecule has 0 bridgehead atoms. The van der Waals surface area contributed by atoms with Crippen LogP contribution in [0.5, 0.6) is 0 Å². The maximum Gasteiger partial charge on any atom is 0.0891 e. The molecule has 1 aromatic rings. The van der Waals surface area contributed by atoms with Crippen LogP contribution in [-0.2, 0) is 6.42 Å². The van der Waals surface area contributed by atoms with Crippen molar-refractivity contribution in [1.29, 1.82) is 0 Å². The summed E-state index contributed by atoms with van der Waals surface area (Å²) >= 11 is 0. The molecule has 0 unspecified atom stereocenters. The fourth-order valence-electron chi connectivity index (χ4n) is 1.51. The highest BCUT2D eigenvalue weighted by Crippen LogP contribution is 2.07. The van der Waals surface area contributed by atoms with E-state index in [4.69, 9.17) is 0 Å². The quantitative estimate of drug-likeness (QED) is 0.723. The van der Waals surface area contributed by atoms with Crippen LogP contribution >= 0.6 is 0 Å². The summed E-state index contributed by atoms with van der Waals surface area (Å²) in [7, 11) is 0. The van der Waals surface area contributed by atoms with Gasteiger partial charge in [-0.15, -0.1) is 0 Å². The molecule has 13 heavy (non-hydrogen) atoms. The second-order valence-corrected chi connectivity index (χ2v) is 3.24. The Bertz CT molecular complexity index is 311. The van der Waals surface area contributed by atoms with Crippen LogP contribution in [-0.4, -0.2) is 18.9 Å². The van der Waals surface area contributed by atoms with Gasteiger partial charge in [0.25, 0.3) is 0 Å². The van der Waals surface area contributed by atoms with E-state index >= 15 is 0 Å². The van der Waals surface area contributed by atoms with Gasteiger partial charge in [-0.2, -0.15) is 0 Å². The molecular formula is C11H14N2. The molecule has 68 valence electrons. The lowest BCUT2D eigenvalue weighted by Gasteiger charge is -2.01. The Kier molecular flexibility index (Phi) is 2.41. The molecule has 1 N–H and O–H groups in total. The van der Waals surface area contributed by atoms with E-state index in [1.165, 1.54) is 16.8 Å². The third-order valence-electron chi connectivity index (χ3n) is 2.37. The number of hydrogen-bond donors (Lipinski definition) is 1. The van der Waals surface area contributed by atoms with Gasteiger partial charge in [0.1, 0.15) is 0 Å². The largest absolute Gasteiger partial charge is 0.293 e. The summed E-state index contributed by atoms with van der Waals surface area (Å²) in [5, 5.41) is 3.20. The molecule has 0 spiro atoms. The molecule has 1 aromatic carbocycles. The van der Waals surface area contributed by atoms with E-state index in [1.54, 1.807) is 0 Å². The van der Waals surface area contributed by atoms with Crippen molar-refractivity contribution in [3.63, 3.8) is 0 Å². The lowest BCUT2D eigenvalue weighted by atomic mass is 10.1. The standard InChI is InChI=1S/C11H14N2/c1-2-9-3-5-10(6-4-9)11-7-12-8-13-11/h3-6,12H,2,7-8H2,1H3. The first-order valence-corrected chi connectivity index (χ1v) is 4.73. The van der Waals surface area contributed by atoms with Gasteiger partial charge in [-0.3, -0.25) is 10.3 Å². The monoisotopic (exact) mass is 174 g/mol. The van der Waals surface area contributed by atoms with Gasteiger partial charge in [0, 0.05) is 6.54 Å². The number of aryl methyl sites for hydroxylation is 1. The zero-order valence-electron chi connectivity index (χ0n) is 7.88. The Morgan fingerprint density at radius 3 is 2.62 bits per heavy atom. The normalized spacial score (nSPS) is 15.9. The third-order valence-corrected chi connectivity index (χ3v) is 2.37. The molecule has 2 rings (SSSR count). The van der Waals surface area contributed by atoms with Gasteiger partial charge < -0.3 is 0 Å². The zero-order valence-corrected chi connectivity index (χ0v) is 7.88. The van der Waals surface area contributed by atoms with Crippen molar-refractivity contribution in [1.82, 2.24) is 5.32 Å². The molecule has 0 atom stereocenters. The van der Waals surface area contributed by atoms with Crippen LogP contribution in [0.4, 0.5) is 0 Å². The Balaban J connectivity index is 2.22. The highest BCUT2D eigenvalue weighted by atomic mass is 15.1. The van der Waals surface area contributed by atoms with E-state index in [0.29, 0.717) is 0 Å². The second kappa shape index (κ2) is 3.71. The van der Waals surface area contributed by atoms with Crippen LogP contribution in [0.1, 0.15) is 18.1 Å². The predicted octanol–water partition coefficient (Wildman–Crippen LogP) is 1.60. The topological polar surface area (TPSA) is 24.4 Å². The second-order valence-electron chi connectivity index (χ2n) is 3.24. The molecule has 2 nitrogen and oxygen atoms in total. The summed E-state index contributed by atoms with van der Waals surface area (Å²) in [4.78, 5) is 4.37. The first-order chi connectivity index (χ1) is 6.40. The van der Waals surface area contributed by atoms with Crippen LogP contribution in [0.3, 0.4) is 0 Å². The summed E-state index contributed by atoms with van der Waals surface area (Å²) in [6.07, 6.45) is 1.10. The maximum absolute atomic E-state index is 4.37. The minimum absolute atomic E-state index is 0.769. The van der Waals surface area contributed by atoms with Crippen LogP contribution in [0.15, 0.2) is 29.3 Å². The first kappa shape index (κ1) is 8.45. The van der Waals surface area contributed by atoms with Crippen LogP contribution in [0, 0.1) is 0 Å². The zero-order chi connectivity index (χ0) is 9.10. The summed E-state index contributed by atoms with van der Waals surface area (Å²) in [5.41, 5.74) is 3.82. The Morgan fingerprint density at radius 1 is 1.31 bits per heavy atom. The summed E-state index contributed by atoms with van der Waals surface area (Å²) < 4.78 is 0. The molecule has 0 aliphatic carbocycles. The van der Waals surface area contributed by atoms with Gasteiger partial charge in [0.15, 0.2) is 0 Å². The molecule has 2 heteroatoms. The summed E-state index contributed by atoms with van der Waals surface area (Å²) in [6, 6.07) is 8.67. The SMILES string of the molecule is CCc1ccc(C2=NCNC2)cc1. The fraction of sp³-hybridized carbons (Fsp3) is 0.364. The van der Waals surface area contributed by atoms with Crippen molar-refractivity contribution in [3.8, 4) is 0 Å². The van der Waals surface area contributed by atoms with Gasteiger partial charge >= 0.3 is 0 Å². The van der Waals surface area contributed by atoms with Crippen molar-refractivity contribution in [2.24, 2.45) is 4.99 Å². The average molecular weight is 174 g/mol. The highest BCUT2D eigenvalue weighted by molar-refractivity contribution is 6.02. The maximum atomic E-state index is 4.37. The number of rotatable bonds is 2. The molecule has 0 amide bonds. The number of hydrogen-bond acceptors (Lipinski definition) is 2. The predicted molar refractivity (Wildman–Crippen MR) is 55.2 cm³/mol. The van der Waals surface area contributed by atoms with Crippen molar-refractivity contribution < 1.29 is 0 Å². The Labute approximate surface area is 78.7 Å². The molecule has 0 saturated carbocycles. The van der Waals surface area contributed by atoms with E-state index in [0.717, 1.165) is 19.6 Å². The van der Waals surface area contributed by atoms with Crippen molar-refractivity contribution >= 4 is 5.71 Å². The van der Waals surface area contributed by atoms with Gasteiger partial charge in [0.05, 0.1) is 12.4 Å². The van der Waals surface area contributed by atoms with Gasteiger partial charge in [-0.1, -0.05) is 31.2 Å². The van der Waals surface area contributed by atoms with Crippen molar-refractivity contribution in [2.75, 3.05) is 13.2 Å².